The molecule has 0 atom stereocenters. The van der Waals surface area contributed by atoms with Crippen LogP contribution in [0.5, 0.6) is 0 Å². The van der Waals surface area contributed by atoms with E-state index in [1.54, 1.807) is 6.07 Å². The smallest absolute Gasteiger partial charge is 0.382 e. The minimum Gasteiger partial charge on any atom is -0.382 e. The van der Waals surface area contributed by atoms with Crippen LogP contribution in [0.1, 0.15) is 31.2 Å². The Morgan fingerprint density at radius 3 is 2.37 bits per heavy atom. The number of nitrogens with two attached hydrogens (primary N) is 1. The van der Waals surface area contributed by atoms with Crippen LogP contribution < -0.4 is 11.1 Å². The number of halogens is 4. The Morgan fingerprint density at radius 1 is 1.16 bits per heavy atom. The normalized spacial score (nSPS) is 24.3. The summed E-state index contributed by atoms with van der Waals surface area (Å²) >= 11 is 3.08. The summed E-state index contributed by atoms with van der Waals surface area (Å²) in [7, 11) is 0. The molecule has 2 nitrogen and oxygen atoms in total. The lowest BCUT2D eigenvalue weighted by molar-refractivity contribution is -0.137. The summed E-state index contributed by atoms with van der Waals surface area (Å²) in [5, 5.41) is 3.01. The molecule has 1 fully saturated rings. The highest BCUT2D eigenvalue weighted by atomic mass is 79.9. The maximum absolute atomic E-state index is 13.0. The summed E-state index contributed by atoms with van der Waals surface area (Å²) in [4.78, 5) is 0. The van der Waals surface area contributed by atoms with Crippen molar-refractivity contribution in [3.8, 4) is 0 Å². The number of nitrogens with one attached hydrogen (secondary N) is 1. The van der Waals surface area contributed by atoms with Gasteiger partial charge in [-0.25, -0.2) is 0 Å². The highest BCUT2D eigenvalue weighted by Crippen LogP contribution is 2.37. The van der Waals surface area contributed by atoms with Crippen LogP contribution >= 0.6 is 15.9 Å². The van der Waals surface area contributed by atoms with Crippen LogP contribution in [0, 0.1) is 0 Å². The number of alkyl halides is 3. The molecule has 19 heavy (non-hydrogen) atoms. The van der Waals surface area contributed by atoms with E-state index < -0.39 is 11.7 Å². The van der Waals surface area contributed by atoms with E-state index in [2.05, 4.69) is 21.2 Å². The standard InChI is InChI=1S/C13H16BrF3N2/c14-8-1-6-12(11(7-8)13(15,16)17)19-10-4-2-9(18)3-5-10/h1,6-7,9-10,19H,2-5,18H2. The van der Waals surface area contributed by atoms with E-state index in [1.165, 1.54) is 6.07 Å². The van der Waals surface area contributed by atoms with Crippen LogP contribution in [-0.2, 0) is 6.18 Å². The van der Waals surface area contributed by atoms with Gasteiger partial charge in [-0.15, -0.1) is 0 Å². The van der Waals surface area contributed by atoms with Crippen molar-refractivity contribution < 1.29 is 13.2 Å². The zero-order chi connectivity index (χ0) is 14.0. The van der Waals surface area contributed by atoms with Crippen molar-refractivity contribution in [2.24, 2.45) is 5.73 Å². The van der Waals surface area contributed by atoms with Crippen LogP contribution in [-0.4, -0.2) is 12.1 Å². The second-order valence-corrected chi connectivity index (χ2v) is 5.86. The number of hydrogen-bond donors (Lipinski definition) is 2. The predicted octanol–water partition coefficient (Wildman–Crippen LogP) is 4.15. The molecular formula is C13H16BrF3N2. The highest BCUT2D eigenvalue weighted by Gasteiger charge is 2.34. The Labute approximate surface area is 118 Å². The van der Waals surface area contributed by atoms with Crippen molar-refractivity contribution in [1.29, 1.82) is 0 Å². The van der Waals surface area contributed by atoms with Gasteiger partial charge in [-0.05, 0) is 43.9 Å². The monoisotopic (exact) mass is 336 g/mol. The third-order valence-corrected chi connectivity index (χ3v) is 3.91. The maximum Gasteiger partial charge on any atom is 0.418 e. The van der Waals surface area contributed by atoms with Crippen molar-refractivity contribution in [1.82, 2.24) is 0 Å². The minimum absolute atomic E-state index is 0.0714. The molecule has 1 saturated carbocycles. The lowest BCUT2D eigenvalue weighted by Gasteiger charge is -2.28. The van der Waals surface area contributed by atoms with Gasteiger partial charge >= 0.3 is 6.18 Å². The Balaban J connectivity index is 2.16. The predicted molar refractivity (Wildman–Crippen MR) is 73.0 cm³/mol. The summed E-state index contributed by atoms with van der Waals surface area (Å²) in [6.45, 7) is 0. The summed E-state index contributed by atoms with van der Waals surface area (Å²) in [5.74, 6) is 0. The van der Waals surface area contributed by atoms with Crippen LogP contribution in [0.3, 0.4) is 0 Å². The molecule has 0 aromatic heterocycles. The summed E-state index contributed by atoms with van der Waals surface area (Å²) < 4.78 is 39.3. The van der Waals surface area contributed by atoms with Crippen molar-refractivity contribution in [3.05, 3.63) is 28.2 Å². The molecule has 6 heteroatoms. The van der Waals surface area contributed by atoms with E-state index in [1.807, 2.05) is 0 Å². The molecule has 0 radical (unpaired) electrons. The van der Waals surface area contributed by atoms with Gasteiger partial charge in [0.15, 0.2) is 0 Å². The molecule has 0 unspecified atom stereocenters. The molecule has 3 N–H and O–H groups in total. The quantitative estimate of drug-likeness (QED) is 0.851. The number of rotatable bonds is 2. The average molecular weight is 337 g/mol. The number of anilines is 1. The first-order chi connectivity index (χ1) is 8.86. The number of hydrogen-bond acceptors (Lipinski definition) is 2. The third-order valence-electron chi connectivity index (χ3n) is 3.42. The van der Waals surface area contributed by atoms with Crippen molar-refractivity contribution >= 4 is 21.6 Å². The summed E-state index contributed by atoms with van der Waals surface area (Å²) in [6.07, 6.45) is -1.01. The van der Waals surface area contributed by atoms with Crippen molar-refractivity contribution in [3.63, 3.8) is 0 Å². The second-order valence-electron chi connectivity index (χ2n) is 4.94. The molecule has 1 aromatic carbocycles. The molecule has 0 aliphatic heterocycles. The Hall–Kier alpha value is -0.750. The SMILES string of the molecule is NC1CCC(Nc2ccc(Br)cc2C(F)(F)F)CC1. The van der Waals surface area contributed by atoms with Gasteiger partial charge in [-0.1, -0.05) is 15.9 Å². The number of benzene rings is 1. The minimum atomic E-state index is -4.35. The van der Waals surface area contributed by atoms with E-state index >= 15 is 0 Å². The Morgan fingerprint density at radius 2 is 1.79 bits per heavy atom. The van der Waals surface area contributed by atoms with Gasteiger partial charge in [0.2, 0.25) is 0 Å². The molecule has 2 rings (SSSR count). The zero-order valence-electron chi connectivity index (χ0n) is 10.3. The van der Waals surface area contributed by atoms with Gasteiger partial charge in [0.1, 0.15) is 0 Å². The molecule has 1 aliphatic carbocycles. The lowest BCUT2D eigenvalue weighted by Crippen LogP contribution is -2.33. The third kappa shape index (κ3) is 3.86. The van der Waals surface area contributed by atoms with E-state index in [-0.39, 0.29) is 17.8 Å². The van der Waals surface area contributed by atoms with Crippen LogP contribution in [0.15, 0.2) is 22.7 Å². The van der Waals surface area contributed by atoms with Crippen molar-refractivity contribution in [2.45, 2.75) is 43.9 Å². The van der Waals surface area contributed by atoms with Crippen molar-refractivity contribution in [2.75, 3.05) is 5.32 Å². The average Bonchev–Trinajstić information content (AvgIpc) is 2.33. The molecular weight excluding hydrogens is 321 g/mol. The van der Waals surface area contributed by atoms with Gasteiger partial charge in [0, 0.05) is 22.2 Å². The molecule has 106 valence electrons. The molecule has 1 aromatic rings. The van der Waals surface area contributed by atoms with E-state index in [4.69, 9.17) is 5.73 Å². The van der Waals surface area contributed by atoms with Gasteiger partial charge in [0.05, 0.1) is 5.56 Å². The van der Waals surface area contributed by atoms with Gasteiger partial charge < -0.3 is 11.1 Å². The molecule has 0 amide bonds. The largest absolute Gasteiger partial charge is 0.418 e. The molecule has 0 saturated heterocycles. The lowest BCUT2D eigenvalue weighted by atomic mass is 9.91. The molecule has 0 heterocycles. The zero-order valence-corrected chi connectivity index (χ0v) is 11.9. The van der Waals surface area contributed by atoms with Gasteiger partial charge in [0.25, 0.3) is 0 Å². The molecule has 0 bridgehead atoms. The molecule has 0 spiro atoms. The Bertz CT molecular complexity index is 440. The first-order valence-corrected chi connectivity index (χ1v) is 7.04. The van der Waals surface area contributed by atoms with Gasteiger partial charge in [-0.2, -0.15) is 13.2 Å². The maximum atomic E-state index is 13.0. The fraction of sp³-hybridized carbons (Fsp3) is 0.538. The summed E-state index contributed by atoms with van der Waals surface area (Å²) in [5.41, 5.74) is 5.32. The van der Waals surface area contributed by atoms with E-state index in [0.29, 0.717) is 4.47 Å². The van der Waals surface area contributed by atoms with Gasteiger partial charge in [-0.3, -0.25) is 0 Å². The second kappa shape index (κ2) is 5.71. The van der Waals surface area contributed by atoms with Crippen LogP contribution in [0.25, 0.3) is 0 Å². The topological polar surface area (TPSA) is 38.0 Å². The van der Waals surface area contributed by atoms with Crippen LogP contribution in [0.4, 0.5) is 18.9 Å². The Kier molecular flexibility index (Phi) is 4.40. The fourth-order valence-corrected chi connectivity index (χ4v) is 2.72. The molecule has 1 aliphatic rings. The van der Waals surface area contributed by atoms with E-state index in [0.717, 1.165) is 31.7 Å². The van der Waals surface area contributed by atoms with E-state index in [9.17, 15) is 13.2 Å². The first-order valence-electron chi connectivity index (χ1n) is 6.25. The van der Waals surface area contributed by atoms with Crippen LogP contribution in [0.2, 0.25) is 0 Å². The highest BCUT2D eigenvalue weighted by molar-refractivity contribution is 9.10. The fourth-order valence-electron chi connectivity index (χ4n) is 2.36. The first kappa shape index (κ1) is 14.7. The summed E-state index contributed by atoms with van der Waals surface area (Å²) in [6, 6.07) is 4.46.